The number of halogens is 1. The molecule has 2 aromatic heterocycles. The summed E-state index contributed by atoms with van der Waals surface area (Å²) >= 11 is 3.41. The number of benzene rings is 1. The van der Waals surface area contributed by atoms with Crippen molar-refractivity contribution in [2.75, 3.05) is 0 Å². The van der Waals surface area contributed by atoms with E-state index in [1.807, 2.05) is 10.5 Å². The van der Waals surface area contributed by atoms with Crippen molar-refractivity contribution in [1.82, 2.24) is 9.38 Å². The van der Waals surface area contributed by atoms with Crippen molar-refractivity contribution in [1.29, 1.82) is 0 Å². The minimum absolute atomic E-state index is 0.245. The number of hydrogen-bond acceptors (Lipinski definition) is 2. The van der Waals surface area contributed by atoms with Crippen LogP contribution in [0.2, 0.25) is 0 Å². The molecule has 0 aliphatic heterocycles. The van der Waals surface area contributed by atoms with Crippen molar-refractivity contribution >= 4 is 27.4 Å². The lowest BCUT2D eigenvalue weighted by atomic mass is 10.1. The largest absolute Gasteiger partial charge is 0.478 e. The third-order valence-corrected chi connectivity index (χ3v) is 4.19. The van der Waals surface area contributed by atoms with E-state index in [2.05, 4.69) is 46.9 Å². The van der Waals surface area contributed by atoms with Gasteiger partial charge in [0.05, 0.1) is 11.1 Å². The molecule has 0 amide bonds. The van der Waals surface area contributed by atoms with E-state index in [0.717, 1.165) is 16.9 Å². The Balaban J connectivity index is 2.24. The van der Waals surface area contributed by atoms with Gasteiger partial charge in [-0.2, -0.15) is 0 Å². The number of aromatic nitrogens is 2. The van der Waals surface area contributed by atoms with E-state index in [9.17, 15) is 4.79 Å². The Morgan fingerprint density at radius 1 is 1.19 bits per heavy atom. The van der Waals surface area contributed by atoms with Gasteiger partial charge in [-0.15, -0.1) is 0 Å². The zero-order chi connectivity index (χ0) is 15.1. The summed E-state index contributed by atoms with van der Waals surface area (Å²) in [5.41, 5.74) is 4.41. The van der Waals surface area contributed by atoms with E-state index in [1.54, 1.807) is 18.3 Å². The van der Waals surface area contributed by atoms with Gasteiger partial charge >= 0.3 is 5.97 Å². The highest BCUT2D eigenvalue weighted by Crippen LogP contribution is 2.28. The molecular formula is C16H13BrN2O2. The van der Waals surface area contributed by atoms with E-state index in [0.29, 0.717) is 4.60 Å². The highest BCUT2D eigenvalue weighted by atomic mass is 79.9. The number of carboxylic acids is 1. The smallest absolute Gasteiger partial charge is 0.335 e. The second-order valence-electron chi connectivity index (χ2n) is 5.00. The summed E-state index contributed by atoms with van der Waals surface area (Å²) in [4.78, 5) is 15.6. The zero-order valence-electron chi connectivity index (χ0n) is 11.6. The molecule has 0 saturated heterocycles. The summed E-state index contributed by atoms with van der Waals surface area (Å²) in [5, 5.41) is 9.08. The Bertz CT molecular complexity index is 868. The van der Waals surface area contributed by atoms with Crippen LogP contribution in [0, 0.1) is 13.8 Å². The summed E-state index contributed by atoms with van der Waals surface area (Å²) in [5.74, 6) is -0.157. The maximum absolute atomic E-state index is 11.1. The van der Waals surface area contributed by atoms with Crippen LogP contribution in [-0.4, -0.2) is 20.5 Å². The maximum Gasteiger partial charge on any atom is 0.335 e. The quantitative estimate of drug-likeness (QED) is 0.761. The van der Waals surface area contributed by atoms with E-state index in [1.165, 1.54) is 11.1 Å². The fourth-order valence-corrected chi connectivity index (χ4v) is 2.74. The molecule has 3 aromatic rings. The third kappa shape index (κ3) is 2.34. The average molecular weight is 345 g/mol. The summed E-state index contributed by atoms with van der Waals surface area (Å²) in [7, 11) is 0. The number of carboxylic acid groups (broad SMARTS) is 1. The van der Waals surface area contributed by atoms with Crippen molar-refractivity contribution in [2.45, 2.75) is 13.8 Å². The van der Waals surface area contributed by atoms with Gasteiger partial charge in [0.1, 0.15) is 10.4 Å². The van der Waals surface area contributed by atoms with Crippen molar-refractivity contribution in [2.24, 2.45) is 0 Å². The van der Waals surface area contributed by atoms with Crippen LogP contribution < -0.4 is 0 Å². The number of fused-ring (bicyclic) bond motifs is 1. The molecule has 0 spiro atoms. The number of pyridine rings is 1. The van der Waals surface area contributed by atoms with E-state index in [-0.39, 0.29) is 5.56 Å². The van der Waals surface area contributed by atoms with Gasteiger partial charge in [-0.3, -0.25) is 4.40 Å². The van der Waals surface area contributed by atoms with Gasteiger partial charge < -0.3 is 5.11 Å². The molecule has 0 fully saturated rings. The lowest BCUT2D eigenvalue weighted by Crippen LogP contribution is -1.98. The van der Waals surface area contributed by atoms with E-state index < -0.39 is 5.97 Å². The number of imidazole rings is 1. The monoisotopic (exact) mass is 344 g/mol. The second-order valence-corrected chi connectivity index (χ2v) is 5.75. The van der Waals surface area contributed by atoms with Crippen LogP contribution in [0.5, 0.6) is 0 Å². The molecule has 2 heterocycles. The molecule has 4 nitrogen and oxygen atoms in total. The van der Waals surface area contributed by atoms with Crippen LogP contribution in [0.1, 0.15) is 21.5 Å². The van der Waals surface area contributed by atoms with Crippen molar-refractivity contribution < 1.29 is 9.90 Å². The Morgan fingerprint density at radius 3 is 2.62 bits per heavy atom. The van der Waals surface area contributed by atoms with E-state index >= 15 is 0 Å². The Labute approximate surface area is 130 Å². The molecule has 0 radical (unpaired) electrons. The highest BCUT2D eigenvalue weighted by Gasteiger charge is 2.13. The van der Waals surface area contributed by atoms with Crippen molar-refractivity contribution in [3.8, 4) is 11.4 Å². The zero-order valence-corrected chi connectivity index (χ0v) is 13.2. The molecule has 21 heavy (non-hydrogen) atoms. The number of nitrogens with zero attached hydrogens (tertiary/aromatic N) is 2. The molecule has 0 saturated carbocycles. The van der Waals surface area contributed by atoms with Gasteiger partial charge in [-0.25, -0.2) is 9.78 Å². The van der Waals surface area contributed by atoms with E-state index in [4.69, 9.17) is 5.11 Å². The predicted molar refractivity (Wildman–Crippen MR) is 84.8 cm³/mol. The van der Waals surface area contributed by atoms with Crippen LogP contribution >= 0.6 is 15.9 Å². The van der Waals surface area contributed by atoms with Gasteiger partial charge in [0.15, 0.2) is 0 Å². The molecule has 0 bridgehead atoms. The molecule has 0 aliphatic carbocycles. The van der Waals surface area contributed by atoms with Gasteiger partial charge in [-0.1, -0.05) is 12.1 Å². The minimum Gasteiger partial charge on any atom is -0.478 e. The number of carbonyl (C=O) groups is 1. The topological polar surface area (TPSA) is 54.6 Å². The fraction of sp³-hybridized carbons (Fsp3) is 0.125. The number of aromatic carboxylic acids is 1. The Morgan fingerprint density at radius 2 is 1.95 bits per heavy atom. The molecule has 0 atom stereocenters. The van der Waals surface area contributed by atoms with Gasteiger partial charge in [0.25, 0.3) is 0 Å². The number of rotatable bonds is 2. The highest BCUT2D eigenvalue weighted by molar-refractivity contribution is 9.10. The van der Waals surface area contributed by atoms with Gasteiger partial charge in [0.2, 0.25) is 0 Å². The maximum atomic E-state index is 11.1. The molecule has 3 rings (SSSR count). The molecule has 5 heteroatoms. The molecule has 1 N–H and O–H groups in total. The van der Waals surface area contributed by atoms with Crippen molar-refractivity contribution in [3.05, 3.63) is 57.8 Å². The van der Waals surface area contributed by atoms with Gasteiger partial charge in [-0.05, 0) is 59.1 Å². The first-order valence-corrected chi connectivity index (χ1v) is 7.25. The Kier molecular flexibility index (Phi) is 3.29. The lowest BCUT2D eigenvalue weighted by Gasteiger charge is -2.05. The van der Waals surface area contributed by atoms with Crippen LogP contribution in [0.3, 0.4) is 0 Å². The molecule has 0 aliphatic rings. The summed E-state index contributed by atoms with van der Waals surface area (Å²) in [6.45, 7) is 4.13. The fourth-order valence-electron chi connectivity index (χ4n) is 2.27. The van der Waals surface area contributed by atoms with Crippen LogP contribution in [0.15, 0.2) is 41.1 Å². The summed E-state index contributed by atoms with van der Waals surface area (Å²) in [6.07, 6.45) is 1.74. The third-order valence-electron chi connectivity index (χ3n) is 3.61. The normalized spacial score (nSPS) is 11.0. The molecular weight excluding hydrogens is 332 g/mol. The van der Waals surface area contributed by atoms with Crippen LogP contribution in [0.4, 0.5) is 0 Å². The first kappa shape index (κ1) is 13.8. The Hall–Kier alpha value is -2.14. The summed E-state index contributed by atoms with van der Waals surface area (Å²) < 4.78 is 2.53. The standard InChI is InChI=1S/C16H13BrN2O2/c1-9-3-4-11(7-10(9)2)15-18-14(17)13-8-12(16(20)21)5-6-19(13)15/h3-8H,1-2H3,(H,20,21). The SMILES string of the molecule is Cc1ccc(-c2nc(Br)c3cc(C(=O)O)ccn23)cc1C. The second kappa shape index (κ2) is 5.00. The minimum atomic E-state index is -0.946. The first-order valence-electron chi connectivity index (χ1n) is 6.46. The first-order chi connectivity index (χ1) is 9.97. The van der Waals surface area contributed by atoms with Crippen LogP contribution in [0.25, 0.3) is 16.9 Å². The number of hydrogen-bond donors (Lipinski definition) is 1. The average Bonchev–Trinajstić information content (AvgIpc) is 2.79. The van der Waals surface area contributed by atoms with Crippen LogP contribution in [-0.2, 0) is 0 Å². The van der Waals surface area contributed by atoms with Gasteiger partial charge in [0, 0.05) is 11.8 Å². The summed E-state index contributed by atoms with van der Waals surface area (Å²) in [6, 6.07) is 9.36. The molecule has 0 unspecified atom stereocenters. The van der Waals surface area contributed by atoms with Crippen molar-refractivity contribution in [3.63, 3.8) is 0 Å². The predicted octanol–water partition coefficient (Wildman–Crippen LogP) is 4.08. The molecule has 1 aromatic carbocycles. The lowest BCUT2D eigenvalue weighted by molar-refractivity contribution is 0.0697. The number of aryl methyl sites for hydroxylation is 2. The molecule has 106 valence electrons.